The second kappa shape index (κ2) is 7.27. The molecule has 4 heteroatoms. The smallest absolute Gasteiger partial charge is 0.102 e. The first-order chi connectivity index (χ1) is 8.09. The highest BCUT2D eigenvalue weighted by atomic mass is 16.5. The number of nitrogen functional groups attached to an aromatic ring is 1. The van der Waals surface area contributed by atoms with Crippen molar-refractivity contribution >= 4 is 5.69 Å². The Kier molecular flexibility index (Phi) is 5.97. The van der Waals surface area contributed by atoms with Gasteiger partial charge in [-0.25, -0.2) is 0 Å². The summed E-state index contributed by atoms with van der Waals surface area (Å²) in [5.74, 6) is 0. The van der Waals surface area contributed by atoms with Crippen molar-refractivity contribution < 1.29 is 14.6 Å². The van der Waals surface area contributed by atoms with E-state index in [0.29, 0.717) is 18.9 Å². The fourth-order valence-corrected chi connectivity index (χ4v) is 1.40. The molecule has 0 amide bonds. The highest BCUT2D eigenvalue weighted by molar-refractivity contribution is 5.41. The largest absolute Gasteiger partial charge is 0.399 e. The van der Waals surface area contributed by atoms with Crippen molar-refractivity contribution in [2.45, 2.75) is 26.1 Å². The first kappa shape index (κ1) is 14.0. The highest BCUT2D eigenvalue weighted by Gasteiger charge is 2.07. The highest BCUT2D eigenvalue weighted by Crippen LogP contribution is 2.15. The molecule has 0 bridgehead atoms. The lowest BCUT2D eigenvalue weighted by Crippen LogP contribution is -2.13. The van der Waals surface area contributed by atoms with E-state index in [1.165, 1.54) is 0 Å². The number of nitrogens with two attached hydrogens (primary N) is 1. The van der Waals surface area contributed by atoms with Crippen LogP contribution in [0.3, 0.4) is 0 Å². The van der Waals surface area contributed by atoms with Crippen molar-refractivity contribution in [2.24, 2.45) is 0 Å². The Labute approximate surface area is 102 Å². The van der Waals surface area contributed by atoms with Crippen LogP contribution in [-0.2, 0) is 9.47 Å². The molecule has 96 valence electrons. The van der Waals surface area contributed by atoms with E-state index < -0.39 is 6.10 Å². The quantitative estimate of drug-likeness (QED) is 0.562. The molecule has 0 aliphatic rings. The van der Waals surface area contributed by atoms with Gasteiger partial charge in [0.2, 0.25) is 0 Å². The van der Waals surface area contributed by atoms with E-state index >= 15 is 0 Å². The van der Waals surface area contributed by atoms with Crippen molar-refractivity contribution in [2.75, 3.05) is 25.6 Å². The first-order valence-electron chi connectivity index (χ1n) is 5.82. The monoisotopic (exact) mass is 239 g/mol. The van der Waals surface area contributed by atoms with E-state index in [0.717, 1.165) is 5.56 Å². The molecular weight excluding hydrogens is 218 g/mol. The van der Waals surface area contributed by atoms with Crippen LogP contribution in [0.2, 0.25) is 0 Å². The van der Waals surface area contributed by atoms with Crippen LogP contribution in [0.4, 0.5) is 5.69 Å². The molecule has 1 unspecified atom stereocenters. The van der Waals surface area contributed by atoms with Crippen molar-refractivity contribution in [3.8, 4) is 0 Å². The summed E-state index contributed by atoms with van der Waals surface area (Å²) in [5, 5.41) is 9.83. The molecule has 1 atom stereocenters. The number of aliphatic hydroxyl groups excluding tert-OH is 1. The average molecular weight is 239 g/mol. The van der Waals surface area contributed by atoms with Gasteiger partial charge in [-0.1, -0.05) is 12.1 Å². The zero-order chi connectivity index (χ0) is 12.7. The molecule has 17 heavy (non-hydrogen) atoms. The number of rotatable bonds is 7. The third-order valence-electron chi connectivity index (χ3n) is 2.25. The molecule has 1 rings (SSSR count). The predicted octanol–water partition coefficient (Wildman–Crippen LogP) is 1.74. The van der Waals surface area contributed by atoms with Gasteiger partial charge in [-0.15, -0.1) is 0 Å². The fraction of sp³-hybridized carbons (Fsp3) is 0.538. The van der Waals surface area contributed by atoms with Gasteiger partial charge in [-0.2, -0.15) is 0 Å². The molecule has 1 aromatic rings. The summed E-state index contributed by atoms with van der Waals surface area (Å²) in [5.41, 5.74) is 7.05. The standard InChI is InChI=1S/C13H21NO3/c1-10(2)17-7-6-16-9-13(15)11-4-3-5-12(14)8-11/h3-5,8,10,13,15H,6-7,9,14H2,1-2H3. The van der Waals surface area contributed by atoms with Crippen LogP contribution in [0, 0.1) is 0 Å². The predicted molar refractivity (Wildman–Crippen MR) is 67.7 cm³/mol. The lowest BCUT2D eigenvalue weighted by molar-refractivity contribution is -0.0110. The normalized spacial score (nSPS) is 12.9. The van der Waals surface area contributed by atoms with Crippen molar-refractivity contribution in [3.63, 3.8) is 0 Å². The molecule has 0 radical (unpaired) electrons. The van der Waals surface area contributed by atoms with Crippen molar-refractivity contribution in [3.05, 3.63) is 29.8 Å². The number of benzene rings is 1. The summed E-state index contributed by atoms with van der Waals surface area (Å²) < 4.78 is 10.6. The molecule has 3 N–H and O–H groups in total. The molecule has 0 saturated carbocycles. The molecule has 0 heterocycles. The van der Waals surface area contributed by atoms with Gasteiger partial charge in [0.15, 0.2) is 0 Å². The molecule has 1 aromatic carbocycles. The minimum atomic E-state index is -0.641. The van der Waals surface area contributed by atoms with Crippen LogP contribution in [0.1, 0.15) is 25.5 Å². The van der Waals surface area contributed by atoms with E-state index in [-0.39, 0.29) is 12.7 Å². The van der Waals surface area contributed by atoms with Gasteiger partial charge >= 0.3 is 0 Å². The number of aliphatic hydroxyl groups is 1. The molecule has 0 aliphatic heterocycles. The maximum absolute atomic E-state index is 9.83. The molecular formula is C13H21NO3. The van der Waals surface area contributed by atoms with Crippen molar-refractivity contribution in [1.82, 2.24) is 0 Å². The van der Waals surface area contributed by atoms with E-state index in [1.807, 2.05) is 26.0 Å². The zero-order valence-electron chi connectivity index (χ0n) is 10.4. The maximum atomic E-state index is 9.83. The number of anilines is 1. The lowest BCUT2D eigenvalue weighted by Gasteiger charge is -2.13. The van der Waals surface area contributed by atoms with E-state index in [2.05, 4.69) is 0 Å². The number of hydrogen-bond donors (Lipinski definition) is 2. The minimum Gasteiger partial charge on any atom is -0.399 e. The third kappa shape index (κ3) is 5.68. The number of hydrogen-bond acceptors (Lipinski definition) is 4. The lowest BCUT2D eigenvalue weighted by atomic mass is 10.1. The summed E-state index contributed by atoms with van der Waals surface area (Å²) in [6, 6.07) is 7.18. The third-order valence-corrected chi connectivity index (χ3v) is 2.25. The topological polar surface area (TPSA) is 64.7 Å². The second-order valence-corrected chi connectivity index (χ2v) is 4.18. The van der Waals surface area contributed by atoms with Gasteiger partial charge < -0.3 is 20.3 Å². The summed E-state index contributed by atoms with van der Waals surface area (Å²) in [7, 11) is 0. The summed E-state index contributed by atoms with van der Waals surface area (Å²) >= 11 is 0. The Morgan fingerprint density at radius 3 is 2.71 bits per heavy atom. The second-order valence-electron chi connectivity index (χ2n) is 4.18. The van der Waals surface area contributed by atoms with Crippen LogP contribution in [-0.4, -0.2) is 31.0 Å². The van der Waals surface area contributed by atoms with Gasteiger partial charge in [0.1, 0.15) is 6.10 Å². The summed E-state index contributed by atoms with van der Waals surface area (Å²) in [6.45, 7) is 5.23. The molecule has 0 aliphatic carbocycles. The Hall–Kier alpha value is -1.10. The molecule has 0 aromatic heterocycles. The summed E-state index contributed by atoms with van der Waals surface area (Å²) in [6.07, 6.45) is -0.435. The van der Waals surface area contributed by atoms with Crippen LogP contribution < -0.4 is 5.73 Å². The molecule has 0 saturated heterocycles. The van der Waals surface area contributed by atoms with Crippen LogP contribution in [0.15, 0.2) is 24.3 Å². The molecule has 4 nitrogen and oxygen atoms in total. The summed E-state index contributed by atoms with van der Waals surface area (Å²) in [4.78, 5) is 0. The Balaban J connectivity index is 2.23. The van der Waals surface area contributed by atoms with E-state index in [1.54, 1.807) is 12.1 Å². The number of ether oxygens (including phenoxy) is 2. The van der Waals surface area contributed by atoms with Crippen molar-refractivity contribution in [1.29, 1.82) is 0 Å². The van der Waals surface area contributed by atoms with E-state index in [9.17, 15) is 5.11 Å². The van der Waals surface area contributed by atoms with Gasteiger partial charge in [0.05, 0.1) is 25.9 Å². The first-order valence-corrected chi connectivity index (χ1v) is 5.82. The van der Waals surface area contributed by atoms with Gasteiger partial charge in [0.25, 0.3) is 0 Å². The van der Waals surface area contributed by atoms with Gasteiger partial charge in [-0.05, 0) is 31.5 Å². The molecule has 0 fully saturated rings. The van der Waals surface area contributed by atoms with Crippen LogP contribution in [0.25, 0.3) is 0 Å². The SMILES string of the molecule is CC(C)OCCOCC(O)c1cccc(N)c1. The van der Waals surface area contributed by atoms with Gasteiger partial charge in [0, 0.05) is 5.69 Å². The molecule has 0 spiro atoms. The zero-order valence-corrected chi connectivity index (χ0v) is 10.4. The average Bonchev–Trinajstić information content (AvgIpc) is 2.28. The Morgan fingerprint density at radius 1 is 1.29 bits per heavy atom. The van der Waals surface area contributed by atoms with Gasteiger partial charge in [-0.3, -0.25) is 0 Å². The maximum Gasteiger partial charge on any atom is 0.102 e. The Morgan fingerprint density at radius 2 is 2.06 bits per heavy atom. The van der Waals surface area contributed by atoms with Crippen LogP contribution in [0.5, 0.6) is 0 Å². The van der Waals surface area contributed by atoms with E-state index in [4.69, 9.17) is 15.2 Å². The Bertz CT molecular complexity index is 328. The minimum absolute atomic E-state index is 0.206. The fourth-order valence-electron chi connectivity index (χ4n) is 1.40. The van der Waals surface area contributed by atoms with Crippen LogP contribution >= 0.6 is 0 Å².